The van der Waals surface area contributed by atoms with Gasteiger partial charge in [0.15, 0.2) is 5.69 Å². The summed E-state index contributed by atoms with van der Waals surface area (Å²) in [7, 11) is 0. The molecule has 1 spiro atoms. The minimum atomic E-state index is -0.971. The van der Waals surface area contributed by atoms with Crippen LogP contribution in [0.4, 0.5) is 5.69 Å². The Hall–Kier alpha value is -1.62. The second kappa shape index (κ2) is 3.18. The van der Waals surface area contributed by atoms with E-state index in [0.29, 0.717) is 5.69 Å². The highest BCUT2D eigenvalue weighted by Gasteiger charge is 2.49. The van der Waals surface area contributed by atoms with Gasteiger partial charge in [-0.3, -0.25) is 0 Å². The first kappa shape index (κ1) is 9.59. The third kappa shape index (κ3) is 1.28. The van der Waals surface area contributed by atoms with Crippen LogP contribution in [-0.4, -0.2) is 42.4 Å². The summed E-state index contributed by atoms with van der Waals surface area (Å²) in [6.07, 6.45) is 1.51. The lowest BCUT2D eigenvalue weighted by molar-refractivity contribution is -0.127. The fourth-order valence-electron chi connectivity index (χ4n) is 2.32. The highest BCUT2D eigenvalue weighted by molar-refractivity contribution is 5.92. The summed E-state index contributed by atoms with van der Waals surface area (Å²) in [6, 6.07) is 3.58. The van der Waals surface area contributed by atoms with Crippen LogP contribution in [0.15, 0.2) is 18.3 Å². The SMILES string of the molecule is O=C(O)c1ncccc1N1CC2(COC2)C1. The van der Waals surface area contributed by atoms with Gasteiger partial charge in [-0.15, -0.1) is 0 Å². The Morgan fingerprint density at radius 3 is 2.81 bits per heavy atom. The number of hydrogen-bond acceptors (Lipinski definition) is 4. The number of carbonyl (C=O) groups is 1. The molecule has 2 aliphatic heterocycles. The molecular formula is C11H12N2O3. The van der Waals surface area contributed by atoms with Crippen LogP contribution >= 0.6 is 0 Å². The van der Waals surface area contributed by atoms with Crippen molar-refractivity contribution in [2.45, 2.75) is 0 Å². The van der Waals surface area contributed by atoms with Gasteiger partial charge < -0.3 is 14.7 Å². The second-order valence-corrected chi connectivity index (χ2v) is 4.53. The highest BCUT2D eigenvalue weighted by atomic mass is 16.5. The number of pyridine rings is 1. The Labute approximate surface area is 92.7 Å². The fraction of sp³-hybridized carbons (Fsp3) is 0.455. The van der Waals surface area contributed by atoms with E-state index in [9.17, 15) is 4.79 Å². The van der Waals surface area contributed by atoms with Crippen molar-refractivity contribution in [2.75, 3.05) is 31.2 Å². The van der Waals surface area contributed by atoms with Gasteiger partial charge >= 0.3 is 5.97 Å². The molecule has 0 aliphatic carbocycles. The molecule has 2 fully saturated rings. The van der Waals surface area contributed by atoms with Gasteiger partial charge in [-0.05, 0) is 12.1 Å². The molecule has 0 atom stereocenters. The van der Waals surface area contributed by atoms with Crippen molar-refractivity contribution in [1.29, 1.82) is 0 Å². The molecule has 16 heavy (non-hydrogen) atoms. The predicted molar refractivity (Wildman–Crippen MR) is 56.7 cm³/mol. The van der Waals surface area contributed by atoms with E-state index in [0.717, 1.165) is 26.3 Å². The molecule has 2 aliphatic rings. The molecule has 0 aromatic carbocycles. The Morgan fingerprint density at radius 2 is 2.25 bits per heavy atom. The number of aromatic carboxylic acids is 1. The molecule has 1 aromatic heterocycles. The summed E-state index contributed by atoms with van der Waals surface area (Å²) in [4.78, 5) is 17.0. The van der Waals surface area contributed by atoms with E-state index in [1.807, 2.05) is 6.07 Å². The van der Waals surface area contributed by atoms with Crippen molar-refractivity contribution >= 4 is 11.7 Å². The van der Waals surface area contributed by atoms with Crippen LogP contribution in [0.3, 0.4) is 0 Å². The molecule has 0 radical (unpaired) electrons. The monoisotopic (exact) mass is 220 g/mol. The molecule has 1 aromatic rings. The first-order chi connectivity index (χ1) is 7.70. The molecule has 3 rings (SSSR count). The van der Waals surface area contributed by atoms with Crippen LogP contribution in [0.1, 0.15) is 10.5 Å². The van der Waals surface area contributed by atoms with Crippen LogP contribution in [0, 0.1) is 5.41 Å². The maximum absolute atomic E-state index is 11.0. The Kier molecular flexibility index (Phi) is 1.91. The molecular weight excluding hydrogens is 208 g/mol. The van der Waals surface area contributed by atoms with E-state index in [4.69, 9.17) is 9.84 Å². The highest BCUT2D eigenvalue weighted by Crippen LogP contribution is 2.40. The molecule has 0 saturated carbocycles. The molecule has 84 valence electrons. The van der Waals surface area contributed by atoms with E-state index < -0.39 is 5.97 Å². The molecule has 0 bridgehead atoms. The summed E-state index contributed by atoms with van der Waals surface area (Å²) in [5.41, 5.74) is 1.14. The topological polar surface area (TPSA) is 62.7 Å². The minimum Gasteiger partial charge on any atom is -0.476 e. The number of hydrogen-bond donors (Lipinski definition) is 1. The third-order valence-corrected chi connectivity index (χ3v) is 3.20. The van der Waals surface area contributed by atoms with Crippen LogP contribution in [0.25, 0.3) is 0 Å². The number of carboxylic acid groups (broad SMARTS) is 1. The van der Waals surface area contributed by atoms with E-state index in [2.05, 4.69) is 9.88 Å². The van der Waals surface area contributed by atoms with Crippen LogP contribution in [0.5, 0.6) is 0 Å². The summed E-state index contributed by atoms with van der Waals surface area (Å²) in [6.45, 7) is 3.34. The van der Waals surface area contributed by atoms with Crippen molar-refractivity contribution in [3.63, 3.8) is 0 Å². The molecule has 1 N–H and O–H groups in total. The molecule has 2 saturated heterocycles. The lowest BCUT2D eigenvalue weighted by Crippen LogP contribution is -2.66. The lowest BCUT2D eigenvalue weighted by Gasteiger charge is -2.56. The van der Waals surface area contributed by atoms with Crippen molar-refractivity contribution in [1.82, 2.24) is 4.98 Å². The average Bonchev–Trinajstić information content (AvgIpc) is 2.14. The maximum Gasteiger partial charge on any atom is 0.356 e. The normalized spacial score (nSPS) is 21.4. The number of carboxylic acids is 1. The number of ether oxygens (including phenoxy) is 1. The Balaban J connectivity index is 1.82. The zero-order valence-corrected chi connectivity index (χ0v) is 8.72. The summed E-state index contributed by atoms with van der Waals surface area (Å²) < 4.78 is 5.18. The van der Waals surface area contributed by atoms with Crippen molar-refractivity contribution in [3.05, 3.63) is 24.0 Å². The first-order valence-corrected chi connectivity index (χ1v) is 5.21. The fourth-order valence-corrected chi connectivity index (χ4v) is 2.32. The molecule has 5 nitrogen and oxygen atoms in total. The molecule has 3 heterocycles. The van der Waals surface area contributed by atoms with Gasteiger partial charge in [0, 0.05) is 19.3 Å². The van der Waals surface area contributed by atoms with Crippen LogP contribution in [-0.2, 0) is 4.74 Å². The molecule has 0 amide bonds. The van der Waals surface area contributed by atoms with Crippen LogP contribution in [0.2, 0.25) is 0 Å². The van der Waals surface area contributed by atoms with Gasteiger partial charge in [-0.2, -0.15) is 0 Å². The zero-order valence-electron chi connectivity index (χ0n) is 8.72. The number of anilines is 1. The summed E-state index contributed by atoms with van der Waals surface area (Å²) in [5.74, 6) is -0.971. The van der Waals surface area contributed by atoms with Gasteiger partial charge in [-0.25, -0.2) is 9.78 Å². The van der Waals surface area contributed by atoms with Gasteiger partial charge in [0.05, 0.1) is 24.3 Å². The smallest absolute Gasteiger partial charge is 0.356 e. The van der Waals surface area contributed by atoms with Gasteiger partial charge in [0.25, 0.3) is 0 Å². The zero-order chi connectivity index (χ0) is 11.2. The van der Waals surface area contributed by atoms with Crippen molar-refractivity contribution in [2.24, 2.45) is 5.41 Å². The first-order valence-electron chi connectivity index (χ1n) is 5.21. The Morgan fingerprint density at radius 1 is 1.50 bits per heavy atom. The molecule has 0 unspecified atom stereocenters. The predicted octanol–water partition coefficient (Wildman–Crippen LogP) is 0.616. The lowest BCUT2D eigenvalue weighted by atomic mass is 9.77. The van der Waals surface area contributed by atoms with E-state index >= 15 is 0 Å². The summed E-state index contributed by atoms with van der Waals surface area (Å²) >= 11 is 0. The van der Waals surface area contributed by atoms with E-state index in [1.165, 1.54) is 6.20 Å². The molecule has 5 heteroatoms. The van der Waals surface area contributed by atoms with Crippen molar-refractivity contribution in [3.8, 4) is 0 Å². The second-order valence-electron chi connectivity index (χ2n) is 4.53. The average molecular weight is 220 g/mol. The number of rotatable bonds is 2. The quantitative estimate of drug-likeness (QED) is 0.791. The van der Waals surface area contributed by atoms with Gasteiger partial charge in [0.2, 0.25) is 0 Å². The van der Waals surface area contributed by atoms with Crippen LogP contribution < -0.4 is 4.90 Å². The number of aromatic nitrogens is 1. The minimum absolute atomic E-state index is 0.137. The Bertz CT molecular complexity index is 435. The number of nitrogens with zero attached hydrogens (tertiary/aromatic N) is 2. The standard InChI is InChI=1S/C11H12N2O3/c14-10(15)9-8(2-1-3-12-9)13-4-11(5-13)6-16-7-11/h1-3H,4-7H2,(H,14,15). The van der Waals surface area contributed by atoms with Gasteiger partial charge in [-0.1, -0.05) is 0 Å². The van der Waals surface area contributed by atoms with Gasteiger partial charge in [0.1, 0.15) is 0 Å². The van der Waals surface area contributed by atoms with Crippen molar-refractivity contribution < 1.29 is 14.6 Å². The third-order valence-electron chi connectivity index (χ3n) is 3.20. The maximum atomic E-state index is 11.0. The summed E-state index contributed by atoms with van der Waals surface area (Å²) in [5, 5.41) is 9.02. The largest absolute Gasteiger partial charge is 0.476 e. The van der Waals surface area contributed by atoms with E-state index in [-0.39, 0.29) is 11.1 Å². The van der Waals surface area contributed by atoms with E-state index in [1.54, 1.807) is 6.07 Å².